The van der Waals surface area contributed by atoms with E-state index in [1.165, 1.54) is 6.20 Å². The van der Waals surface area contributed by atoms with Gasteiger partial charge in [-0.3, -0.25) is 4.79 Å². The fourth-order valence-electron chi connectivity index (χ4n) is 3.17. The van der Waals surface area contributed by atoms with Gasteiger partial charge in [0.2, 0.25) is 0 Å². The lowest BCUT2D eigenvalue weighted by Crippen LogP contribution is -2.28. The number of hydrogen-bond donors (Lipinski definition) is 2. The molecule has 152 valence electrons. The van der Waals surface area contributed by atoms with E-state index in [9.17, 15) is 10.1 Å². The van der Waals surface area contributed by atoms with E-state index in [4.69, 9.17) is 4.74 Å². The van der Waals surface area contributed by atoms with Gasteiger partial charge in [-0.1, -0.05) is 42.8 Å². The monoisotopic (exact) mass is 391 g/mol. The molecule has 0 aliphatic heterocycles. The summed E-state index contributed by atoms with van der Waals surface area (Å²) >= 11 is 0. The number of para-hydroxylation sites is 1. The first-order valence-electron chi connectivity index (χ1n) is 9.90. The van der Waals surface area contributed by atoms with Crippen molar-refractivity contribution in [2.24, 2.45) is 0 Å². The van der Waals surface area contributed by atoms with Crippen molar-refractivity contribution in [3.63, 3.8) is 0 Å². The molecular weight excluding hydrogens is 362 g/mol. The Kier molecular flexibility index (Phi) is 7.85. The molecule has 0 saturated carbocycles. The molecule has 0 saturated heterocycles. The van der Waals surface area contributed by atoms with Gasteiger partial charge in [0.05, 0.1) is 12.6 Å². The Labute approximate surface area is 173 Å². The number of carbonyl (C=O) groups is 1. The van der Waals surface area contributed by atoms with Crippen molar-refractivity contribution < 1.29 is 9.53 Å². The molecule has 1 amide bonds. The number of hydrogen-bond acceptors (Lipinski definition) is 4. The van der Waals surface area contributed by atoms with E-state index < -0.39 is 5.91 Å². The summed E-state index contributed by atoms with van der Waals surface area (Å²) in [6, 6.07) is 13.6. The highest BCUT2D eigenvalue weighted by atomic mass is 16.5. The van der Waals surface area contributed by atoms with Crippen molar-refractivity contribution in [1.29, 1.82) is 5.26 Å². The summed E-state index contributed by atoms with van der Waals surface area (Å²) < 4.78 is 5.68. The minimum absolute atomic E-state index is 0.0211. The van der Waals surface area contributed by atoms with Crippen LogP contribution in [0.2, 0.25) is 0 Å². The Balaban J connectivity index is 2.20. The van der Waals surface area contributed by atoms with E-state index in [1.807, 2.05) is 70.2 Å². The molecule has 29 heavy (non-hydrogen) atoms. The molecule has 0 aromatic heterocycles. The van der Waals surface area contributed by atoms with Gasteiger partial charge in [-0.15, -0.1) is 0 Å². The smallest absolute Gasteiger partial charge is 0.263 e. The number of nitrogens with one attached hydrogen (secondary N) is 2. The van der Waals surface area contributed by atoms with Crippen LogP contribution in [0.25, 0.3) is 0 Å². The third kappa shape index (κ3) is 5.61. The molecule has 2 N–H and O–H groups in total. The molecule has 0 spiro atoms. The Bertz CT molecular complexity index is 942. The van der Waals surface area contributed by atoms with Crippen LogP contribution in [0.15, 0.2) is 48.2 Å². The first-order valence-corrected chi connectivity index (χ1v) is 9.90. The molecule has 0 fully saturated rings. The van der Waals surface area contributed by atoms with Crippen LogP contribution in [0.4, 0.5) is 5.69 Å². The van der Waals surface area contributed by atoms with Crippen LogP contribution in [0.5, 0.6) is 5.75 Å². The average molecular weight is 392 g/mol. The van der Waals surface area contributed by atoms with Crippen LogP contribution < -0.4 is 15.4 Å². The number of aryl methyl sites for hydroxylation is 3. The quantitative estimate of drug-likeness (QED) is 0.493. The van der Waals surface area contributed by atoms with Gasteiger partial charge in [-0.05, 0) is 51.3 Å². The zero-order valence-corrected chi connectivity index (χ0v) is 17.8. The van der Waals surface area contributed by atoms with E-state index in [2.05, 4.69) is 17.6 Å². The van der Waals surface area contributed by atoms with Gasteiger partial charge >= 0.3 is 0 Å². The lowest BCUT2D eigenvalue weighted by Gasteiger charge is -2.18. The van der Waals surface area contributed by atoms with Gasteiger partial charge in [0.25, 0.3) is 5.91 Å². The summed E-state index contributed by atoms with van der Waals surface area (Å²) in [5.41, 5.74) is 5.11. The second-order valence-corrected chi connectivity index (χ2v) is 6.95. The van der Waals surface area contributed by atoms with E-state index in [1.54, 1.807) is 0 Å². The van der Waals surface area contributed by atoms with Crippen molar-refractivity contribution in [2.75, 3.05) is 11.9 Å². The van der Waals surface area contributed by atoms with Crippen LogP contribution in [-0.4, -0.2) is 12.5 Å². The minimum atomic E-state index is -0.428. The number of nitrogens with zero attached hydrogens (tertiary/aromatic N) is 1. The Hall–Kier alpha value is -3.26. The number of carbonyl (C=O) groups excluding carboxylic acids is 1. The fourth-order valence-corrected chi connectivity index (χ4v) is 3.17. The standard InChI is InChI=1S/C24H29N3O2/c1-6-19-10-8-9-17(4)23(19)26-15-20(14-25)24(28)27-18(5)21-13-16(3)11-12-22(21)29-7-2/h8-13,15,18,26H,6-7H2,1-5H3,(H,27,28)/b20-15-. The number of nitriles is 1. The number of amides is 1. The SMILES string of the molecule is CCOc1ccc(C)cc1C(C)NC(=O)/C(C#N)=C\Nc1c(C)cccc1CC. The van der Waals surface area contributed by atoms with Crippen LogP contribution in [0, 0.1) is 25.2 Å². The molecular formula is C24H29N3O2. The second kappa shape index (κ2) is 10.3. The molecule has 0 aliphatic rings. The van der Waals surface area contributed by atoms with Crippen molar-refractivity contribution in [3.8, 4) is 11.8 Å². The van der Waals surface area contributed by atoms with Gasteiger partial charge in [-0.2, -0.15) is 5.26 Å². The fraction of sp³-hybridized carbons (Fsp3) is 0.333. The highest BCUT2D eigenvalue weighted by molar-refractivity contribution is 5.97. The molecule has 2 aromatic carbocycles. The maximum atomic E-state index is 12.7. The van der Waals surface area contributed by atoms with Crippen molar-refractivity contribution in [3.05, 3.63) is 70.4 Å². The second-order valence-electron chi connectivity index (χ2n) is 6.95. The average Bonchev–Trinajstić information content (AvgIpc) is 2.70. The van der Waals surface area contributed by atoms with Gasteiger partial charge in [0.15, 0.2) is 0 Å². The summed E-state index contributed by atoms with van der Waals surface area (Å²) in [5, 5.41) is 15.5. The zero-order chi connectivity index (χ0) is 21.4. The predicted octanol–water partition coefficient (Wildman–Crippen LogP) is 4.96. The maximum absolute atomic E-state index is 12.7. The minimum Gasteiger partial charge on any atom is -0.494 e. The highest BCUT2D eigenvalue weighted by Crippen LogP contribution is 2.27. The molecule has 2 rings (SSSR count). The van der Waals surface area contributed by atoms with Crippen molar-refractivity contribution >= 4 is 11.6 Å². The highest BCUT2D eigenvalue weighted by Gasteiger charge is 2.17. The summed E-state index contributed by atoms with van der Waals surface area (Å²) in [4.78, 5) is 12.7. The third-order valence-corrected chi connectivity index (χ3v) is 4.75. The van der Waals surface area contributed by atoms with E-state index in [0.29, 0.717) is 6.61 Å². The number of benzene rings is 2. The van der Waals surface area contributed by atoms with Crippen LogP contribution in [-0.2, 0) is 11.2 Å². The molecule has 0 radical (unpaired) electrons. The van der Waals surface area contributed by atoms with Gasteiger partial charge < -0.3 is 15.4 Å². The molecule has 1 unspecified atom stereocenters. The lowest BCUT2D eigenvalue weighted by molar-refractivity contribution is -0.117. The third-order valence-electron chi connectivity index (χ3n) is 4.75. The molecule has 0 heterocycles. The lowest BCUT2D eigenvalue weighted by atomic mass is 10.0. The number of ether oxygens (including phenoxy) is 1. The summed E-state index contributed by atoms with van der Waals surface area (Å²) in [6.45, 7) is 10.4. The number of anilines is 1. The molecule has 1 atom stereocenters. The normalized spacial score (nSPS) is 12.1. The van der Waals surface area contributed by atoms with E-state index in [-0.39, 0.29) is 11.6 Å². The molecule has 0 bridgehead atoms. The molecule has 5 nitrogen and oxygen atoms in total. The topological polar surface area (TPSA) is 74.1 Å². The largest absolute Gasteiger partial charge is 0.494 e. The zero-order valence-electron chi connectivity index (χ0n) is 17.8. The van der Waals surface area contributed by atoms with E-state index >= 15 is 0 Å². The van der Waals surface area contributed by atoms with Crippen molar-refractivity contribution in [2.45, 2.75) is 47.1 Å². The molecule has 2 aromatic rings. The van der Waals surface area contributed by atoms with E-state index in [0.717, 1.165) is 40.1 Å². The molecule has 0 aliphatic carbocycles. The Morgan fingerprint density at radius 2 is 2.00 bits per heavy atom. The summed E-state index contributed by atoms with van der Waals surface area (Å²) in [7, 11) is 0. The Morgan fingerprint density at radius 1 is 1.24 bits per heavy atom. The van der Waals surface area contributed by atoms with Crippen molar-refractivity contribution in [1.82, 2.24) is 5.32 Å². The Morgan fingerprint density at radius 3 is 2.66 bits per heavy atom. The van der Waals surface area contributed by atoms with Gasteiger partial charge in [0, 0.05) is 17.5 Å². The maximum Gasteiger partial charge on any atom is 0.263 e. The first-order chi connectivity index (χ1) is 13.9. The number of rotatable bonds is 8. The molecule has 5 heteroatoms. The van der Waals surface area contributed by atoms with Gasteiger partial charge in [0.1, 0.15) is 17.4 Å². The van der Waals surface area contributed by atoms with Gasteiger partial charge in [-0.25, -0.2) is 0 Å². The predicted molar refractivity (Wildman–Crippen MR) is 117 cm³/mol. The van der Waals surface area contributed by atoms with Crippen LogP contribution >= 0.6 is 0 Å². The summed E-state index contributed by atoms with van der Waals surface area (Å²) in [5.74, 6) is 0.307. The first kappa shape index (κ1) is 22.0. The van der Waals surface area contributed by atoms with Crippen LogP contribution in [0.1, 0.15) is 49.1 Å². The summed E-state index contributed by atoms with van der Waals surface area (Å²) in [6.07, 6.45) is 2.33. The van der Waals surface area contributed by atoms with Crippen LogP contribution in [0.3, 0.4) is 0 Å².